The SMILES string of the molecule is Cc1cccc(C)c1CC(=O)C(C)(C)N1CCCCCC1. The number of carbonyl (C=O) groups excluding carboxylic acids is 1. The quantitative estimate of drug-likeness (QED) is 0.832. The van der Waals surface area contributed by atoms with Crippen LogP contribution in [0.1, 0.15) is 56.2 Å². The van der Waals surface area contributed by atoms with E-state index < -0.39 is 0 Å². The lowest BCUT2D eigenvalue weighted by atomic mass is 9.88. The first-order chi connectivity index (χ1) is 9.93. The summed E-state index contributed by atoms with van der Waals surface area (Å²) in [6.07, 6.45) is 5.61. The van der Waals surface area contributed by atoms with Crippen molar-refractivity contribution in [1.29, 1.82) is 0 Å². The second-order valence-corrected chi connectivity index (χ2v) is 6.93. The molecule has 1 aliphatic heterocycles. The molecule has 2 nitrogen and oxygen atoms in total. The zero-order valence-electron chi connectivity index (χ0n) is 14.0. The van der Waals surface area contributed by atoms with Crippen molar-refractivity contribution < 1.29 is 4.79 Å². The fourth-order valence-electron chi connectivity index (χ4n) is 3.31. The van der Waals surface area contributed by atoms with E-state index in [-0.39, 0.29) is 5.54 Å². The smallest absolute Gasteiger partial charge is 0.156 e. The maximum Gasteiger partial charge on any atom is 0.156 e. The highest BCUT2D eigenvalue weighted by molar-refractivity contribution is 5.89. The Morgan fingerprint density at radius 2 is 1.57 bits per heavy atom. The van der Waals surface area contributed by atoms with Gasteiger partial charge in [0.15, 0.2) is 5.78 Å². The molecule has 0 N–H and O–H groups in total. The van der Waals surface area contributed by atoms with Crippen LogP contribution in [0, 0.1) is 13.8 Å². The molecule has 0 spiro atoms. The van der Waals surface area contributed by atoms with Crippen LogP contribution >= 0.6 is 0 Å². The minimum Gasteiger partial charge on any atom is -0.297 e. The molecule has 2 heteroatoms. The van der Waals surface area contributed by atoms with Gasteiger partial charge in [0.1, 0.15) is 0 Å². The van der Waals surface area contributed by atoms with Gasteiger partial charge in [-0.3, -0.25) is 9.69 Å². The van der Waals surface area contributed by atoms with Crippen LogP contribution in [0.3, 0.4) is 0 Å². The summed E-state index contributed by atoms with van der Waals surface area (Å²) in [4.78, 5) is 15.3. The van der Waals surface area contributed by atoms with Crippen molar-refractivity contribution in [2.45, 2.75) is 65.3 Å². The highest BCUT2D eigenvalue weighted by Crippen LogP contribution is 2.24. The van der Waals surface area contributed by atoms with E-state index in [1.54, 1.807) is 0 Å². The number of Topliss-reactive ketones (excluding diaryl/α,β-unsaturated/α-hetero) is 1. The third-order valence-corrected chi connectivity index (χ3v) is 5.06. The minimum atomic E-state index is -0.348. The van der Waals surface area contributed by atoms with E-state index in [0.717, 1.165) is 13.1 Å². The van der Waals surface area contributed by atoms with Crippen molar-refractivity contribution >= 4 is 5.78 Å². The van der Waals surface area contributed by atoms with Crippen molar-refractivity contribution in [3.8, 4) is 0 Å². The Bertz CT molecular complexity index is 476. The lowest BCUT2D eigenvalue weighted by Gasteiger charge is -2.37. The van der Waals surface area contributed by atoms with E-state index in [4.69, 9.17) is 0 Å². The monoisotopic (exact) mass is 287 g/mol. The van der Waals surface area contributed by atoms with Crippen LogP contribution in [0.25, 0.3) is 0 Å². The van der Waals surface area contributed by atoms with E-state index in [9.17, 15) is 4.79 Å². The van der Waals surface area contributed by atoms with E-state index in [0.29, 0.717) is 12.2 Å². The second kappa shape index (κ2) is 6.74. The number of benzene rings is 1. The predicted molar refractivity (Wildman–Crippen MR) is 88.7 cm³/mol. The summed E-state index contributed by atoms with van der Waals surface area (Å²) in [6.45, 7) is 10.5. The zero-order valence-corrected chi connectivity index (χ0v) is 14.0. The third-order valence-electron chi connectivity index (χ3n) is 5.06. The van der Waals surface area contributed by atoms with Gasteiger partial charge in [0, 0.05) is 6.42 Å². The van der Waals surface area contributed by atoms with Crippen molar-refractivity contribution in [1.82, 2.24) is 4.90 Å². The largest absolute Gasteiger partial charge is 0.297 e. The molecule has 1 saturated heterocycles. The molecule has 0 aliphatic carbocycles. The Kier molecular flexibility index (Phi) is 5.21. The Labute approximate surface area is 129 Å². The molecule has 1 heterocycles. The van der Waals surface area contributed by atoms with E-state index in [1.807, 2.05) is 0 Å². The highest BCUT2D eigenvalue weighted by atomic mass is 16.1. The number of ketones is 1. The van der Waals surface area contributed by atoms with Gasteiger partial charge >= 0.3 is 0 Å². The topological polar surface area (TPSA) is 20.3 Å². The Morgan fingerprint density at radius 3 is 2.10 bits per heavy atom. The molecule has 0 aromatic heterocycles. The fraction of sp³-hybridized carbons (Fsp3) is 0.632. The van der Waals surface area contributed by atoms with Gasteiger partial charge < -0.3 is 0 Å². The molecule has 1 aromatic rings. The van der Waals surface area contributed by atoms with Crippen LogP contribution < -0.4 is 0 Å². The van der Waals surface area contributed by atoms with Gasteiger partial charge in [-0.1, -0.05) is 31.0 Å². The molecule has 1 fully saturated rings. The summed E-state index contributed by atoms with van der Waals surface area (Å²) in [5, 5.41) is 0. The molecule has 21 heavy (non-hydrogen) atoms. The van der Waals surface area contributed by atoms with Gasteiger partial charge in [0.2, 0.25) is 0 Å². The number of aryl methyl sites for hydroxylation is 2. The average molecular weight is 287 g/mol. The van der Waals surface area contributed by atoms with Crippen molar-refractivity contribution in [2.75, 3.05) is 13.1 Å². The lowest BCUT2D eigenvalue weighted by molar-refractivity contribution is -0.128. The predicted octanol–water partition coefficient (Wildman–Crippen LogP) is 4.07. The van der Waals surface area contributed by atoms with E-state index in [1.165, 1.54) is 42.4 Å². The maximum atomic E-state index is 12.9. The number of nitrogens with zero attached hydrogens (tertiary/aromatic N) is 1. The van der Waals surface area contributed by atoms with Crippen molar-refractivity contribution in [3.63, 3.8) is 0 Å². The Morgan fingerprint density at radius 1 is 1.05 bits per heavy atom. The number of hydrogen-bond donors (Lipinski definition) is 0. The minimum absolute atomic E-state index is 0.348. The normalized spacial score (nSPS) is 17.5. The van der Waals surface area contributed by atoms with Gasteiger partial charge in [-0.25, -0.2) is 0 Å². The second-order valence-electron chi connectivity index (χ2n) is 6.93. The first-order valence-corrected chi connectivity index (χ1v) is 8.26. The lowest BCUT2D eigenvalue weighted by Crippen LogP contribution is -2.51. The molecule has 1 aromatic carbocycles. The molecule has 2 rings (SSSR count). The van der Waals surface area contributed by atoms with E-state index in [2.05, 4.69) is 50.8 Å². The van der Waals surface area contributed by atoms with Crippen LogP contribution in [0.15, 0.2) is 18.2 Å². The van der Waals surface area contributed by atoms with Crippen LogP contribution in [-0.2, 0) is 11.2 Å². The summed E-state index contributed by atoms with van der Waals surface area (Å²) < 4.78 is 0. The van der Waals surface area contributed by atoms with E-state index >= 15 is 0 Å². The van der Waals surface area contributed by atoms with Crippen molar-refractivity contribution in [2.24, 2.45) is 0 Å². The van der Waals surface area contributed by atoms with Crippen LogP contribution in [0.2, 0.25) is 0 Å². The molecule has 116 valence electrons. The van der Waals surface area contributed by atoms with Crippen molar-refractivity contribution in [3.05, 3.63) is 34.9 Å². The molecule has 0 unspecified atom stereocenters. The zero-order chi connectivity index (χ0) is 15.5. The molecule has 0 saturated carbocycles. The first-order valence-electron chi connectivity index (χ1n) is 8.26. The molecular formula is C19H29NO. The molecular weight excluding hydrogens is 258 g/mol. The van der Waals surface area contributed by atoms with Crippen LogP contribution in [-0.4, -0.2) is 29.3 Å². The Hall–Kier alpha value is -1.15. The molecule has 0 atom stereocenters. The molecule has 0 amide bonds. The molecule has 0 bridgehead atoms. The van der Waals surface area contributed by atoms with Gasteiger partial charge in [0.25, 0.3) is 0 Å². The van der Waals surface area contributed by atoms with Crippen LogP contribution in [0.5, 0.6) is 0 Å². The standard InChI is InChI=1S/C19H29NO/c1-15-10-9-11-16(2)17(15)14-18(21)19(3,4)20-12-7-5-6-8-13-20/h9-11H,5-8,12-14H2,1-4H3. The Balaban J connectivity index is 2.14. The average Bonchev–Trinajstić information content (AvgIpc) is 2.72. The van der Waals surface area contributed by atoms with Gasteiger partial charge in [-0.2, -0.15) is 0 Å². The fourth-order valence-corrected chi connectivity index (χ4v) is 3.31. The van der Waals surface area contributed by atoms with Gasteiger partial charge in [0.05, 0.1) is 5.54 Å². The third kappa shape index (κ3) is 3.74. The first kappa shape index (κ1) is 16.2. The summed E-state index contributed by atoms with van der Waals surface area (Å²) in [6, 6.07) is 6.28. The summed E-state index contributed by atoms with van der Waals surface area (Å²) >= 11 is 0. The highest BCUT2D eigenvalue weighted by Gasteiger charge is 2.34. The van der Waals surface area contributed by atoms with Gasteiger partial charge in [-0.15, -0.1) is 0 Å². The maximum absolute atomic E-state index is 12.9. The number of likely N-dealkylation sites (tertiary alicyclic amines) is 1. The summed E-state index contributed by atoms with van der Waals surface area (Å²) in [5.74, 6) is 0.349. The molecule has 0 radical (unpaired) electrons. The molecule has 1 aliphatic rings. The number of carbonyl (C=O) groups is 1. The number of hydrogen-bond acceptors (Lipinski definition) is 2. The summed E-state index contributed by atoms with van der Waals surface area (Å²) in [7, 11) is 0. The summed E-state index contributed by atoms with van der Waals surface area (Å²) in [5.41, 5.74) is 3.33. The van der Waals surface area contributed by atoms with Gasteiger partial charge in [-0.05, 0) is 70.3 Å². The van der Waals surface area contributed by atoms with Crippen LogP contribution in [0.4, 0.5) is 0 Å². The number of rotatable bonds is 4.